The number of ether oxygens (including phenoxy) is 1. The lowest BCUT2D eigenvalue weighted by Crippen LogP contribution is -2.15. The summed E-state index contributed by atoms with van der Waals surface area (Å²) in [5, 5.41) is 21.3. The number of pyridine rings is 1. The fourth-order valence-corrected chi connectivity index (χ4v) is 3.69. The molecule has 0 fully saturated rings. The molecule has 3 aromatic heterocycles. The van der Waals surface area contributed by atoms with E-state index in [2.05, 4.69) is 30.7 Å². The number of aromatic nitrogens is 6. The van der Waals surface area contributed by atoms with Crippen molar-refractivity contribution >= 4 is 34.1 Å². The molecule has 9 nitrogen and oxygen atoms in total. The Hall–Kier alpha value is -2.37. The second-order valence-electron chi connectivity index (χ2n) is 5.38. The summed E-state index contributed by atoms with van der Waals surface area (Å²) in [6.45, 7) is 3.09. The predicted molar refractivity (Wildman–Crippen MR) is 104 cm³/mol. The van der Waals surface area contributed by atoms with Gasteiger partial charge in [-0.3, -0.25) is 19.7 Å². The van der Waals surface area contributed by atoms with Crippen LogP contribution in [-0.2, 0) is 22.5 Å². The highest BCUT2D eigenvalue weighted by Gasteiger charge is 2.16. The average molecular weight is 406 g/mol. The smallest absolute Gasteiger partial charge is 0.236 e. The molecule has 1 N–H and O–H groups in total. The normalized spacial score (nSPS) is 10.9. The second kappa shape index (κ2) is 9.53. The Labute approximate surface area is 164 Å². The zero-order valence-corrected chi connectivity index (χ0v) is 16.6. The summed E-state index contributed by atoms with van der Waals surface area (Å²) in [6.07, 6.45) is 4.21. The van der Waals surface area contributed by atoms with Crippen molar-refractivity contribution < 1.29 is 9.53 Å². The van der Waals surface area contributed by atoms with E-state index in [9.17, 15) is 4.79 Å². The number of hydrogen-bond donors (Lipinski definition) is 1. The highest BCUT2D eigenvalue weighted by Crippen LogP contribution is 2.24. The van der Waals surface area contributed by atoms with Crippen LogP contribution in [0.3, 0.4) is 0 Å². The first-order chi connectivity index (χ1) is 13.2. The summed E-state index contributed by atoms with van der Waals surface area (Å²) in [6, 6.07) is 3.74. The van der Waals surface area contributed by atoms with Crippen molar-refractivity contribution in [3.05, 3.63) is 29.5 Å². The van der Waals surface area contributed by atoms with Crippen LogP contribution in [0.1, 0.15) is 11.9 Å². The van der Waals surface area contributed by atoms with Gasteiger partial charge >= 0.3 is 0 Å². The van der Waals surface area contributed by atoms with Gasteiger partial charge in [0.05, 0.1) is 18.9 Å². The van der Waals surface area contributed by atoms with Crippen molar-refractivity contribution in [1.29, 1.82) is 0 Å². The summed E-state index contributed by atoms with van der Waals surface area (Å²) >= 11 is 2.69. The third-order valence-electron chi connectivity index (χ3n) is 3.52. The number of thioether (sulfide) groups is 1. The Morgan fingerprint density at radius 3 is 2.78 bits per heavy atom. The quantitative estimate of drug-likeness (QED) is 0.540. The van der Waals surface area contributed by atoms with Crippen LogP contribution in [0.2, 0.25) is 0 Å². The number of carbonyl (C=O) groups is 1. The summed E-state index contributed by atoms with van der Waals surface area (Å²) in [5.41, 5.74) is 0.908. The largest absolute Gasteiger partial charge is 0.383 e. The maximum absolute atomic E-state index is 12.2. The van der Waals surface area contributed by atoms with Gasteiger partial charge < -0.3 is 4.74 Å². The first-order valence-corrected chi connectivity index (χ1v) is 10.1. The van der Waals surface area contributed by atoms with E-state index >= 15 is 0 Å². The van der Waals surface area contributed by atoms with Crippen molar-refractivity contribution in [2.75, 3.05) is 24.8 Å². The van der Waals surface area contributed by atoms with E-state index in [0.717, 1.165) is 17.0 Å². The van der Waals surface area contributed by atoms with Crippen LogP contribution < -0.4 is 5.32 Å². The minimum absolute atomic E-state index is 0.162. The summed E-state index contributed by atoms with van der Waals surface area (Å²) in [5.74, 6) is 0.752. The van der Waals surface area contributed by atoms with Gasteiger partial charge in [0.2, 0.25) is 11.0 Å². The molecule has 0 saturated heterocycles. The van der Waals surface area contributed by atoms with E-state index in [-0.39, 0.29) is 11.7 Å². The number of rotatable bonds is 9. The van der Waals surface area contributed by atoms with E-state index in [1.54, 1.807) is 19.5 Å². The molecule has 0 aliphatic rings. The summed E-state index contributed by atoms with van der Waals surface area (Å²) in [7, 11) is 1.64. The molecule has 3 aromatic rings. The maximum atomic E-state index is 12.2. The molecule has 0 spiro atoms. The summed E-state index contributed by atoms with van der Waals surface area (Å²) in [4.78, 5) is 16.2. The van der Waals surface area contributed by atoms with Gasteiger partial charge in [-0.1, -0.05) is 30.0 Å². The molecule has 0 atom stereocenters. The van der Waals surface area contributed by atoms with Crippen molar-refractivity contribution in [1.82, 2.24) is 29.9 Å². The molecule has 142 valence electrons. The lowest BCUT2D eigenvalue weighted by Gasteiger charge is -2.09. The molecule has 0 bridgehead atoms. The molecular formula is C16H19N7O2S2. The van der Waals surface area contributed by atoms with Crippen LogP contribution in [0.25, 0.3) is 11.4 Å². The molecule has 3 rings (SSSR count). The standard InChI is InChI=1S/C16H19N7O2S2/c1-3-13-19-21-15(27-13)18-12(24)10-26-16-22-20-14(23(16)8-9-25-2)11-4-6-17-7-5-11/h4-7H,3,8-10H2,1-2H3,(H,18,21,24). The van der Waals surface area contributed by atoms with Crippen molar-refractivity contribution in [2.45, 2.75) is 25.0 Å². The first kappa shape index (κ1) is 19.4. The van der Waals surface area contributed by atoms with Crippen LogP contribution in [0.4, 0.5) is 5.13 Å². The minimum Gasteiger partial charge on any atom is -0.383 e. The Kier molecular flexibility index (Phi) is 6.85. The monoisotopic (exact) mass is 405 g/mol. The fourth-order valence-electron chi connectivity index (χ4n) is 2.23. The predicted octanol–water partition coefficient (Wildman–Crippen LogP) is 2.13. The lowest BCUT2D eigenvalue weighted by atomic mass is 10.2. The first-order valence-electron chi connectivity index (χ1n) is 8.28. The Morgan fingerprint density at radius 1 is 1.26 bits per heavy atom. The van der Waals surface area contributed by atoms with Crippen LogP contribution in [-0.4, -0.2) is 55.3 Å². The van der Waals surface area contributed by atoms with Crippen LogP contribution >= 0.6 is 23.1 Å². The molecule has 11 heteroatoms. The number of carbonyl (C=O) groups excluding carboxylic acids is 1. The van der Waals surface area contributed by atoms with E-state index in [1.807, 2.05) is 23.6 Å². The average Bonchev–Trinajstić information content (AvgIpc) is 3.32. The molecule has 0 aliphatic heterocycles. The summed E-state index contributed by atoms with van der Waals surface area (Å²) < 4.78 is 7.13. The molecule has 27 heavy (non-hydrogen) atoms. The molecular weight excluding hydrogens is 386 g/mol. The van der Waals surface area contributed by atoms with Gasteiger partial charge in [-0.2, -0.15) is 0 Å². The third-order valence-corrected chi connectivity index (χ3v) is 5.47. The van der Waals surface area contributed by atoms with Gasteiger partial charge in [0.1, 0.15) is 5.01 Å². The molecule has 1 amide bonds. The fraction of sp³-hybridized carbons (Fsp3) is 0.375. The molecule has 0 unspecified atom stereocenters. The van der Waals surface area contributed by atoms with Gasteiger partial charge in [-0.15, -0.1) is 20.4 Å². The third kappa shape index (κ3) is 5.08. The van der Waals surface area contributed by atoms with E-state index in [0.29, 0.717) is 29.3 Å². The van der Waals surface area contributed by atoms with Crippen LogP contribution in [0.15, 0.2) is 29.7 Å². The molecule has 0 aliphatic carbocycles. The van der Waals surface area contributed by atoms with Gasteiger partial charge in [-0.25, -0.2) is 0 Å². The van der Waals surface area contributed by atoms with Gasteiger partial charge in [-0.05, 0) is 18.6 Å². The second-order valence-corrected chi connectivity index (χ2v) is 7.38. The number of methoxy groups -OCH3 is 1. The van der Waals surface area contributed by atoms with Crippen molar-refractivity contribution in [3.8, 4) is 11.4 Å². The highest BCUT2D eigenvalue weighted by molar-refractivity contribution is 7.99. The van der Waals surface area contributed by atoms with Gasteiger partial charge in [0.15, 0.2) is 11.0 Å². The Morgan fingerprint density at radius 2 is 2.07 bits per heavy atom. The topological polar surface area (TPSA) is 108 Å². The molecule has 3 heterocycles. The number of nitrogens with one attached hydrogen (secondary N) is 1. The SMILES string of the molecule is CCc1nnc(NC(=O)CSc2nnc(-c3ccncc3)n2CCOC)s1. The molecule has 0 aromatic carbocycles. The number of anilines is 1. The molecule has 0 saturated carbocycles. The number of hydrogen-bond acceptors (Lipinski definition) is 9. The zero-order chi connectivity index (χ0) is 19.1. The van der Waals surface area contributed by atoms with Crippen molar-refractivity contribution in [3.63, 3.8) is 0 Å². The van der Waals surface area contributed by atoms with E-state index in [4.69, 9.17) is 4.74 Å². The Balaban J connectivity index is 1.68. The number of amides is 1. The Bertz CT molecular complexity index is 882. The van der Waals surface area contributed by atoms with E-state index in [1.165, 1.54) is 23.1 Å². The zero-order valence-electron chi connectivity index (χ0n) is 15.0. The number of aryl methyl sites for hydroxylation is 1. The van der Waals surface area contributed by atoms with Crippen LogP contribution in [0, 0.1) is 0 Å². The van der Waals surface area contributed by atoms with Gasteiger partial charge in [0, 0.05) is 25.1 Å². The van der Waals surface area contributed by atoms with Crippen LogP contribution in [0.5, 0.6) is 0 Å². The maximum Gasteiger partial charge on any atom is 0.236 e. The lowest BCUT2D eigenvalue weighted by molar-refractivity contribution is -0.113. The van der Waals surface area contributed by atoms with E-state index < -0.39 is 0 Å². The highest BCUT2D eigenvalue weighted by atomic mass is 32.2. The van der Waals surface area contributed by atoms with Gasteiger partial charge in [0.25, 0.3) is 0 Å². The van der Waals surface area contributed by atoms with Crippen molar-refractivity contribution in [2.24, 2.45) is 0 Å². The number of nitrogens with zero attached hydrogens (tertiary/aromatic N) is 6. The molecule has 0 radical (unpaired) electrons. The minimum atomic E-state index is -0.162.